The quantitative estimate of drug-likeness (QED) is 0.179. The molecule has 3 heteroatoms. The Morgan fingerprint density at radius 2 is 1.77 bits per heavy atom. The maximum atomic E-state index is 13.3. The molecule has 4 rings (SSSR count). The predicted molar refractivity (Wildman–Crippen MR) is 165 cm³/mol. The first-order valence-electron chi connectivity index (χ1n) is 15.2. The van der Waals surface area contributed by atoms with E-state index in [1.165, 1.54) is 42.5 Å². The summed E-state index contributed by atoms with van der Waals surface area (Å²) < 4.78 is 0. The normalized spacial score (nSPS) is 17.4. The highest BCUT2D eigenvalue weighted by Gasteiger charge is 2.28. The lowest BCUT2D eigenvalue weighted by Gasteiger charge is -2.25. The molecule has 3 aromatic rings. The highest BCUT2D eigenvalue weighted by atomic mass is 32.1. The molecule has 1 aliphatic carbocycles. The molecule has 1 heterocycles. The Kier molecular flexibility index (Phi) is 11.1. The van der Waals surface area contributed by atoms with E-state index in [-0.39, 0.29) is 17.6 Å². The molecule has 1 aliphatic rings. The van der Waals surface area contributed by atoms with Crippen molar-refractivity contribution in [2.75, 3.05) is 0 Å². The van der Waals surface area contributed by atoms with E-state index in [1.54, 1.807) is 11.3 Å². The van der Waals surface area contributed by atoms with Crippen LogP contribution in [0.1, 0.15) is 121 Å². The van der Waals surface area contributed by atoms with Gasteiger partial charge in [0, 0.05) is 27.8 Å². The van der Waals surface area contributed by atoms with Gasteiger partial charge in [-0.25, -0.2) is 0 Å². The fourth-order valence-corrected chi connectivity index (χ4v) is 7.00. The van der Waals surface area contributed by atoms with E-state index in [0.29, 0.717) is 17.6 Å². The van der Waals surface area contributed by atoms with Crippen molar-refractivity contribution < 1.29 is 9.59 Å². The lowest BCUT2D eigenvalue weighted by molar-refractivity contribution is 0.0887. The van der Waals surface area contributed by atoms with Crippen molar-refractivity contribution in [2.24, 2.45) is 17.8 Å². The highest BCUT2D eigenvalue weighted by molar-refractivity contribution is 7.09. The maximum Gasteiger partial charge on any atom is 0.166 e. The minimum Gasteiger partial charge on any atom is -0.294 e. The largest absolute Gasteiger partial charge is 0.294 e. The molecule has 2 nitrogen and oxygen atoms in total. The smallest absolute Gasteiger partial charge is 0.166 e. The van der Waals surface area contributed by atoms with Crippen molar-refractivity contribution in [3.8, 4) is 0 Å². The molecule has 0 radical (unpaired) electrons. The Morgan fingerprint density at radius 3 is 2.51 bits per heavy atom. The Bertz CT molecular complexity index is 1180. The van der Waals surface area contributed by atoms with Crippen molar-refractivity contribution >= 4 is 22.9 Å². The molecule has 0 bridgehead atoms. The van der Waals surface area contributed by atoms with Crippen molar-refractivity contribution in [2.45, 2.75) is 97.3 Å². The number of Topliss-reactive ketones (excluding diaryl/α,β-unsaturated/α-hetero) is 2. The molecule has 0 amide bonds. The zero-order valence-electron chi connectivity index (χ0n) is 24.2. The lowest BCUT2D eigenvalue weighted by atomic mass is 9.78. The summed E-state index contributed by atoms with van der Waals surface area (Å²) in [7, 11) is 0. The van der Waals surface area contributed by atoms with Crippen molar-refractivity contribution in [1.82, 2.24) is 0 Å². The molecule has 208 valence electrons. The Hall–Kier alpha value is -2.52. The Labute approximate surface area is 240 Å². The molecule has 0 saturated carbocycles. The highest BCUT2D eigenvalue weighted by Crippen LogP contribution is 2.33. The first kappa shape index (κ1) is 29.5. The average molecular weight is 543 g/mol. The zero-order valence-corrected chi connectivity index (χ0v) is 25.0. The molecular weight excluding hydrogens is 496 g/mol. The van der Waals surface area contributed by atoms with E-state index in [1.807, 2.05) is 25.1 Å². The minimum absolute atomic E-state index is 0.0101. The molecule has 39 heavy (non-hydrogen) atoms. The summed E-state index contributed by atoms with van der Waals surface area (Å²) in [6.45, 7) is 6.70. The number of carbonyl (C=O) groups excluding carboxylic acids is 2. The zero-order chi connectivity index (χ0) is 27.6. The Morgan fingerprint density at radius 1 is 0.949 bits per heavy atom. The number of hydrogen-bond acceptors (Lipinski definition) is 3. The van der Waals surface area contributed by atoms with Crippen molar-refractivity contribution in [3.05, 3.63) is 93.2 Å². The van der Waals surface area contributed by atoms with Gasteiger partial charge >= 0.3 is 0 Å². The van der Waals surface area contributed by atoms with Crippen LogP contribution in [0.2, 0.25) is 0 Å². The number of fused-ring (bicyclic) bond motifs is 1. The van der Waals surface area contributed by atoms with Gasteiger partial charge in [-0.3, -0.25) is 9.59 Å². The van der Waals surface area contributed by atoms with E-state index in [2.05, 4.69) is 61.7 Å². The van der Waals surface area contributed by atoms with Gasteiger partial charge in [0.2, 0.25) is 0 Å². The summed E-state index contributed by atoms with van der Waals surface area (Å²) in [5, 5.41) is 2.09. The van der Waals surface area contributed by atoms with Crippen LogP contribution >= 0.6 is 11.3 Å². The summed E-state index contributed by atoms with van der Waals surface area (Å²) in [5.41, 5.74) is 4.18. The average Bonchev–Trinajstić information content (AvgIpc) is 3.49. The SMILES string of the molecule is CCCC(CCC(C)CCCC1CCc2cc(C(=O)C(C)CCc3cccs3)ccc2C1=O)c1ccccc1. The second-order valence-electron chi connectivity index (χ2n) is 11.9. The number of hydrogen-bond donors (Lipinski definition) is 0. The molecule has 0 saturated heterocycles. The maximum absolute atomic E-state index is 13.3. The molecule has 4 atom stereocenters. The summed E-state index contributed by atoms with van der Waals surface area (Å²) in [4.78, 5) is 27.7. The second-order valence-corrected chi connectivity index (χ2v) is 12.9. The van der Waals surface area contributed by atoms with Gasteiger partial charge in [-0.1, -0.05) is 95.0 Å². The van der Waals surface area contributed by atoms with E-state index in [9.17, 15) is 9.59 Å². The van der Waals surface area contributed by atoms with Crippen LogP contribution in [0.15, 0.2) is 66.0 Å². The van der Waals surface area contributed by atoms with Gasteiger partial charge in [-0.2, -0.15) is 0 Å². The van der Waals surface area contributed by atoms with E-state index in [0.717, 1.165) is 55.2 Å². The number of ketones is 2. The van der Waals surface area contributed by atoms with Gasteiger partial charge in [0.15, 0.2) is 11.6 Å². The number of thiophene rings is 1. The lowest BCUT2D eigenvalue weighted by Crippen LogP contribution is -2.23. The number of carbonyl (C=O) groups is 2. The first-order valence-corrected chi connectivity index (χ1v) is 16.1. The number of benzene rings is 2. The molecule has 4 unspecified atom stereocenters. The standard InChI is InChI=1S/C36H46O2S/c1-4-10-28(29-12-6-5-7-13-29)18-16-26(2)11-8-14-30-19-20-31-25-32(21-23-34(31)36(30)38)35(37)27(3)17-22-33-15-9-24-39-33/h5-7,9,12-13,15,21,23-28,30H,4,8,10-11,14,16-20,22H2,1-3H3. The van der Waals surface area contributed by atoms with E-state index >= 15 is 0 Å². The third-order valence-electron chi connectivity index (χ3n) is 8.81. The third kappa shape index (κ3) is 8.24. The number of rotatable bonds is 15. The molecule has 2 aromatic carbocycles. The molecular formula is C36H46O2S. The van der Waals surface area contributed by atoms with Gasteiger partial charge in [0.1, 0.15) is 0 Å². The van der Waals surface area contributed by atoms with Crippen LogP contribution < -0.4 is 0 Å². The molecule has 0 fully saturated rings. The predicted octanol–water partition coefficient (Wildman–Crippen LogP) is 10.1. The van der Waals surface area contributed by atoms with Crippen molar-refractivity contribution in [1.29, 1.82) is 0 Å². The Balaban J connectivity index is 1.23. The molecule has 0 aliphatic heterocycles. The third-order valence-corrected chi connectivity index (χ3v) is 9.74. The van der Waals surface area contributed by atoms with Crippen LogP contribution in [0.25, 0.3) is 0 Å². The summed E-state index contributed by atoms with van der Waals surface area (Å²) in [6.07, 6.45) is 11.9. The van der Waals surface area contributed by atoms with Crippen LogP contribution in [0.5, 0.6) is 0 Å². The topological polar surface area (TPSA) is 34.1 Å². The molecule has 0 spiro atoms. The summed E-state index contributed by atoms with van der Waals surface area (Å²) >= 11 is 1.75. The number of aryl methyl sites for hydroxylation is 2. The molecule has 0 N–H and O–H groups in total. The van der Waals surface area contributed by atoms with Crippen molar-refractivity contribution in [3.63, 3.8) is 0 Å². The molecule has 1 aromatic heterocycles. The van der Waals surface area contributed by atoms with E-state index in [4.69, 9.17) is 0 Å². The van der Waals surface area contributed by atoms with Gasteiger partial charge in [-0.05, 0) is 85.4 Å². The monoisotopic (exact) mass is 542 g/mol. The summed E-state index contributed by atoms with van der Waals surface area (Å²) in [6, 6.07) is 21.0. The van der Waals surface area contributed by atoms with Crippen LogP contribution in [0.4, 0.5) is 0 Å². The van der Waals surface area contributed by atoms with Gasteiger partial charge in [0.25, 0.3) is 0 Å². The van der Waals surface area contributed by atoms with E-state index < -0.39 is 0 Å². The minimum atomic E-state index is -0.0101. The first-order chi connectivity index (χ1) is 19.0. The van der Waals surface area contributed by atoms with Gasteiger partial charge in [-0.15, -0.1) is 11.3 Å². The fraction of sp³-hybridized carbons (Fsp3) is 0.500. The van der Waals surface area contributed by atoms with Gasteiger partial charge < -0.3 is 0 Å². The van der Waals surface area contributed by atoms with Crippen LogP contribution in [-0.4, -0.2) is 11.6 Å². The van der Waals surface area contributed by atoms with Crippen LogP contribution in [0, 0.1) is 17.8 Å². The fourth-order valence-electron chi connectivity index (χ4n) is 6.27. The van der Waals surface area contributed by atoms with Gasteiger partial charge in [0.05, 0.1) is 0 Å². The summed E-state index contributed by atoms with van der Waals surface area (Å²) in [5.74, 6) is 1.97. The van der Waals surface area contributed by atoms with Crippen LogP contribution in [0.3, 0.4) is 0 Å². The second kappa shape index (κ2) is 14.7. The van der Waals surface area contributed by atoms with Crippen LogP contribution in [-0.2, 0) is 12.8 Å².